The number of likely N-dealkylation sites (N-methyl/N-ethyl adjacent to an activating group) is 1. The molecule has 5 rings (SSSR count). The SMILES string of the molecule is COC[C@@H](OC)[C@@H](OC)[C@H](OC)[C@H](CN(C)C(=O)c1ccc2n1Cc1ccccc1N(C(=O)c1cc(Cl)c(C3=CCCCC3)cc1OC)C2)OC. The molecule has 1 aromatic heterocycles. The lowest BCUT2D eigenvalue weighted by atomic mass is 9.92. The monoisotopic (exact) mass is 723 g/mol. The number of hydrogen-bond donors (Lipinski definition) is 0. The van der Waals surface area contributed by atoms with Crippen molar-refractivity contribution in [3.63, 3.8) is 0 Å². The van der Waals surface area contributed by atoms with Crippen LogP contribution in [0.15, 0.2) is 54.6 Å². The van der Waals surface area contributed by atoms with Crippen molar-refractivity contribution in [2.45, 2.75) is 63.2 Å². The Kier molecular flexibility index (Phi) is 13.4. The molecule has 0 bridgehead atoms. The van der Waals surface area contributed by atoms with E-state index in [0.717, 1.165) is 48.2 Å². The van der Waals surface area contributed by atoms with Crippen LogP contribution in [0, 0.1) is 0 Å². The zero-order valence-corrected chi connectivity index (χ0v) is 31.4. The molecule has 11 nitrogen and oxygen atoms in total. The van der Waals surface area contributed by atoms with Crippen molar-refractivity contribution in [3.05, 3.63) is 87.7 Å². The number of anilines is 1. The van der Waals surface area contributed by atoms with Gasteiger partial charge in [0.2, 0.25) is 0 Å². The molecule has 0 radical (unpaired) electrons. The number of benzene rings is 2. The fourth-order valence-corrected chi connectivity index (χ4v) is 7.49. The van der Waals surface area contributed by atoms with E-state index in [1.807, 2.05) is 47.0 Å². The number of aromatic nitrogens is 1. The van der Waals surface area contributed by atoms with Crippen LogP contribution in [0.4, 0.5) is 5.69 Å². The minimum Gasteiger partial charge on any atom is -0.496 e. The quantitative estimate of drug-likeness (QED) is 0.186. The molecule has 4 atom stereocenters. The van der Waals surface area contributed by atoms with Crippen LogP contribution in [0.3, 0.4) is 0 Å². The smallest absolute Gasteiger partial charge is 0.270 e. The molecule has 3 aromatic rings. The van der Waals surface area contributed by atoms with Crippen LogP contribution in [0.2, 0.25) is 5.02 Å². The van der Waals surface area contributed by atoms with Crippen molar-refractivity contribution in [3.8, 4) is 5.75 Å². The molecular formula is C39H50ClN3O8. The maximum atomic E-state index is 14.5. The normalized spacial score (nSPS) is 16.6. The molecule has 0 spiro atoms. The van der Waals surface area contributed by atoms with E-state index in [9.17, 15) is 9.59 Å². The van der Waals surface area contributed by atoms with Gasteiger partial charge in [0.25, 0.3) is 11.8 Å². The zero-order valence-electron chi connectivity index (χ0n) is 30.6. The topological polar surface area (TPSA) is 101 Å². The Labute approximate surface area is 305 Å². The third-order valence-electron chi connectivity index (χ3n) is 9.96. The van der Waals surface area contributed by atoms with E-state index in [1.54, 1.807) is 65.6 Å². The van der Waals surface area contributed by atoms with Gasteiger partial charge in [-0.3, -0.25) is 9.59 Å². The summed E-state index contributed by atoms with van der Waals surface area (Å²) < 4.78 is 36.2. The van der Waals surface area contributed by atoms with E-state index in [0.29, 0.717) is 35.2 Å². The molecule has 0 fully saturated rings. The second kappa shape index (κ2) is 17.7. The summed E-state index contributed by atoms with van der Waals surface area (Å²) in [5.41, 5.74) is 5.42. The number of nitrogens with zero attached hydrogens (tertiary/aromatic N) is 3. The van der Waals surface area contributed by atoms with Gasteiger partial charge in [0.15, 0.2) is 0 Å². The van der Waals surface area contributed by atoms with E-state index in [2.05, 4.69) is 6.08 Å². The molecule has 1 aliphatic heterocycles. The van der Waals surface area contributed by atoms with Crippen molar-refractivity contribution < 1.29 is 38.0 Å². The lowest BCUT2D eigenvalue weighted by Gasteiger charge is -2.36. The zero-order chi connectivity index (χ0) is 36.7. The average molecular weight is 724 g/mol. The molecule has 2 aliphatic rings. The first-order chi connectivity index (χ1) is 24.7. The van der Waals surface area contributed by atoms with E-state index in [1.165, 1.54) is 5.57 Å². The number of carbonyl (C=O) groups is 2. The standard InChI is InChI=1S/C39H50ClN3O8/c1-41(23-34(48-4)36(50-6)37(51-7)35(49-5)24-46-2)39(45)32-18-17-27-22-43(31-16-12-11-15-26(31)21-42(27)32)38(44)29-19-30(40)28(20-33(29)47-3)25-13-9-8-10-14-25/h11-13,15-20,34-37H,8-10,14,21-24H2,1-7H3/t34-,35+,36+,37+/m0/s1. The number of allylic oxidation sites excluding steroid dienone is 2. The van der Waals surface area contributed by atoms with Gasteiger partial charge in [0, 0.05) is 65.5 Å². The van der Waals surface area contributed by atoms with Gasteiger partial charge in [-0.2, -0.15) is 0 Å². The summed E-state index contributed by atoms with van der Waals surface area (Å²) in [7, 11) is 11.2. The van der Waals surface area contributed by atoms with Crippen LogP contribution >= 0.6 is 11.6 Å². The van der Waals surface area contributed by atoms with E-state index < -0.39 is 24.4 Å². The molecule has 2 amide bonds. The summed E-state index contributed by atoms with van der Waals surface area (Å²) in [6, 6.07) is 15.1. The minimum atomic E-state index is -0.565. The van der Waals surface area contributed by atoms with Crippen LogP contribution in [0.5, 0.6) is 5.75 Å². The van der Waals surface area contributed by atoms with Crippen molar-refractivity contribution in [2.24, 2.45) is 0 Å². The van der Waals surface area contributed by atoms with Crippen molar-refractivity contribution in [2.75, 3.05) is 67.8 Å². The summed E-state index contributed by atoms with van der Waals surface area (Å²) >= 11 is 6.84. The first kappa shape index (κ1) is 38.5. The summed E-state index contributed by atoms with van der Waals surface area (Å²) in [5.74, 6) is 0.0250. The Bertz CT molecular complexity index is 1710. The van der Waals surface area contributed by atoms with Gasteiger partial charge in [-0.15, -0.1) is 0 Å². The summed E-state index contributed by atoms with van der Waals surface area (Å²) in [5, 5.41) is 0.521. The van der Waals surface area contributed by atoms with Gasteiger partial charge in [0.1, 0.15) is 35.9 Å². The second-order valence-electron chi connectivity index (χ2n) is 12.9. The van der Waals surface area contributed by atoms with Crippen LogP contribution in [0.1, 0.15) is 63.4 Å². The largest absolute Gasteiger partial charge is 0.496 e. The Morgan fingerprint density at radius 3 is 2.25 bits per heavy atom. The third-order valence-corrected chi connectivity index (χ3v) is 10.3. The molecule has 0 saturated heterocycles. The van der Waals surface area contributed by atoms with Crippen molar-refractivity contribution in [1.82, 2.24) is 9.47 Å². The predicted octanol–water partition coefficient (Wildman–Crippen LogP) is 6.09. The molecule has 2 heterocycles. The number of fused-ring (bicyclic) bond motifs is 2. The highest BCUT2D eigenvalue weighted by molar-refractivity contribution is 6.33. The summed E-state index contributed by atoms with van der Waals surface area (Å²) in [6.45, 7) is 1.14. The lowest BCUT2D eigenvalue weighted by molar-refractivity contribution is -0.160. The molecule has 0 N–H and O–H groups in total. The first-order valence-electron chi connectivity index (χ1n) is 17.2. The predicted molar refractivity (Wildman–Crippen MR) is 197 cm³/mol. The summed E-state index contributed by atoms with van der Waals surface area (Å²) in [4.78, 5) is 32.0. The Balaban J connectivity index is 1.43. The van der Waals surface area contributed by atoms with Crippen LogP contribution in [-0.4, -0.2) is 109 Å². The maximum Gasteiger partial charge on any atom is 0.270 e. The number of hydrogen-bond acceptors (Lipinski definition) is 8. The number of halogens is 1. The van der Waals surface area contributed by atoms with Crippen LogP contribution < -0.4 is 9.64 Å². The van der Waals surface area contributed by atoms with Crippen LogP contribution in [-0.2, 0) is 36.8 Å². The molecule has 276 valence electrons. The highest BCUT2D eigenvalue weighted by Gasteiger charge is 2.38. The van der Waals surface area contributed by atoms with E-state index in [4.69, 9.17) is 40.0 Å². The minimum absolute atomic E-state index is 0.203. The number of amides is 2. The van der Waals surface area contributed by atoms with Gasteiger partial charge in [-0.05, 0) is 72.7 Å². The van der Waals surface area contributed by atoms with Gasteiger partial charge < -0.3 is 42.8 Å². The molecule has 12 heteroatoms. The van der Waals surface area contributed by atoms with Crippen molar-refractivity contribution >= 4 is 34.7 Å². The lowest BCUT2D eigenvalue weighted by Crippen LogP contribution is -2.53. The summed E-state index contributed by atoms with van der Waals surface area (Å²) in [6.07, 6.45) is 4.40. The third kappa shape index (κ3) is 8.19. The average Bonchev–Trinajstić information content (AvgIpc) is 3.47. The molecule has 0 saturated carbocycles. The fourth-order valence-electron chi connectivity index (χ4n) is 7.21. The van der Waals surface area contributed by atoms with Gasteiger partial charge in [0.05, 0.1) is 32.4 Å². The van der Waals surface area contributed by atoms with E-state index >= 15 is 0 Å². The van der Waals surface area contributed by atoms with Gasteiger partial charge in [-0.25, -0.2) is 0 Å². The number of methoxy groups -OCH3 is 6. The Morgan fingerprint density at radius 1 is 0.882 bits per heavy atom. The maximum absolute atomic E-state index is 14.5. The molecule has 2 aromatic carbocycles. The first-order valence-corrected chi connectivity index (χ1v) is 17.6. The Hall–Kier alpha value is -3.71. The van der Waals surface area contributed by atoms with Crippen molar-refractivity contribution in [1.29, 1.82) is 0 Å². The molecular weight excluding hydrogens is 674 g/mol. The number of para-hydroxylation sites is 1. The number of ether oxygens (including phenoxy) is 6. The number of rotatable bonds is 15. The number of carbonyl (C=O) groups excluding carboxylic acids is 2. The Morgan fingerprint density at radius 2 is 1.61 bits per heavy atom. The molecule has 51 heavy (non-hydrogen) atoms. The highest BCUT2D eigenvalue weighted by atomic mass is 35.5. The highest BCUT2D eigenvalue weighted by Crippen LogP contribution is 2.38. The van der Waals surface area contributed by atoms with Gasteiger partial charge >= 0.3 is 0 Å². The fraction of sp³-hybridized carbons (Fsp3) is 0.487. The van der Waals surface area contributed by atoms with E-state index in [-0.39, 0.29) is 24.9 Å². The van der Waals surface area contributed by atoms with Crippen LogP contribution in [0.25, 0.3) is 5.57 Å². The second-order valence-corrected chi connectivity index (χ2v) is 13.3. The molecule has 0 unspecified atom stereocenters. The van der Waals surface area contributed by atoms with Gasteiger partial charge in [-0.1, -0.05) is 35.9 Å². The molecule has 1 aliphatic carbocycles.